The summed E-state index contributed by atoms with van der Waals surface area (Å²) in [6.45, 7) is 2.23. The maximum atomic E-state index is 2.40. The fourth-order valence-corrected chi connectivity index (χ4v) is 2.05. The van der Waals surface area contributed by atoms with Crippen LogP contribution in [0.4, 0.5) is 0 Å². The molecule has 0 atom stereocenters. The average Bonchev–Trinajstić information content (AvgIpc) is 2.25. The third kappa shape index (κ3) is 1.52. The second-order valence-electron chi connectivity index (χ2n) is 3.85. The van der Waals surface area contributed by atoms with Crippen molar-refractivity contribution < 1.29 is 0 Å². The molecule has 2 rings (SSSR count). The summed E-state index contributed by atoms with van der Waals surface area (Å²) in [4.78, 5) is 0. The monoisotopic (exact) mass is 160 g/mol. The maximum Gasteiger partial charge on any atom is -0.0135 e. The van der Waals surface area contributed by atoms with Crippen molar-refractivity contribution in [2.24, 2.45) is 0 Å². The summed E-state index contributed by atoms with van der Waals surface area (Å²) in [6, 6.07) is 0. The van der Waals surface area contributed by atoms with E-state index in [2.05, 4.69) is 25.2 Å². The molecule has 0 spiro atoms. The molecular formula is C12H16. The molecular weight excluding hydrogens is 144 g/mol. The summed E-state index contributed by atoms with van der Waals surface area (Å²) in [6.07, 6.45) is 13.6. The third-order valence-electron chi connectivity index (χ3n) is 2.73. The summed E-state index contributed by atoms with van der Waals surface area (Å²) in [7, 11) is 0. The van der Waals surface area contributed by atoms with Crippen molar-refractivity contribution >= 4 is 0 Å². The first kappa shape index (κ1) is 7.85. The van der Waals surface area contributed by atoms with Crippen molar-refractivity contribution in [2.45, 2.75) is 39.0 Å². The molecule has 0 nitrogen and oxygen atoms in total. The van der Waals surface area contributed by atoms with Gasteiger partial charge in [-0.25, -0.2) is 0 Å². The van der Waals surface area contributed by atoms with Gasteiger partial charge >= 0.3 is 0 Å². The standard InChI is InChI=1S/C12H16/c1-10-5-4-8-11-6-2-3-7-12(11)9-10/h4,8-9H,2-3,5-7H2,1H3. The topological polar surface area (TPSA) is 0 Å². The van der Waals surface area contributed by atoms with Crippen molar-refractivity contribution in [3.63, 3.8) is 0 Å². The number of hydrogen-bond donors (Lipinski definition) is 0. The minimum absolute atomic E-state index is 1.15. The molecule has 0 bridgehead atoms. The molecule has 0 saturated heterocycles. The van der Waals surface area contributed by atoms with Gasteiger partial charge in [0.1, 0.15) is 0 Å². The van der Waals surface area contributed by atoms with Crippen LogP contribution in [0.2, 0.25) is 0 Å². The van der Waals surface area contributed by atoms with Crippen LogP contribution in [-0.4, -0.2) is 0 Å². The largest absolute Gasteiger partial charge is 0.0802 e. The van der Waals surface area contributed by atoms with Gasteiger partial charge in [0.15, 0.2) is 0 Å². The molecule has 0 aromatic heterocycles. The smallest absolute Gasteiger partial charge is 0.0135 e. The Hall–Kier alpha value is -0.780. The lowest BCUT2D eigenvalue weighted by Crippen LogP contribution is -1.95. The zero-order chi connectivity index (χ0) is 8.39. The lowest BCUT2D eigenvalue weighted by molar-refractivity contribution is 0.693. The highest BCUT2D eigenvalue weighted by Crippen LogP contribution is 2.29. The Labute approximate surface area is 74.7 Å². The first-order valence-electron chi connectivity index (χ1n) is 4.92. The van der Waals surface area contributed by atoms with Crippen LogP contribution < -0.4 is 0 Å². The van der Waals surface area contributed by atoms with Crippen molar-refractivity contribution in [1.29, 1.82) is 0 Å². The van der Waals surface area contributed by atoms with E-state index < -0.39 is 0 Å². The fraction of sp³-hybridized carbons (Fsp3) is 0.500. The van der Waals surface area contributed by atoms with Gasteiger partial charge in [-0.1, -0.05) is 23.8 Å². The summed E-state index contributed by atoms with van der Waals surface area (Å²) < 4.78 is 0. The lowest BCUT2D eigenvalue weighted by Gasteiger charge is -2.14. The Balaban J connectivity index is 2.34. The number of hydrogen-bond acceptors (Lipinski definition) is 0. The molecule has 0 aromatic rings. The Kier molecular flexibility index (Phi) is 2.16. The Morgan fingerprint density at radius 1 is 1.08 bits per heavy atom. The summed E-state index contributed by atoms with van der Waals surface area (Å²) in [5, 5.41) is 0. The van der Waals surface area contributed by atoms with E-state index in [4.69, 9.17) is 0 Å². The molecule has 2 aliphatic rings. The highest BCUT2D eigenvalue weighted by atomic mass is 14.2. The molecule has 0 unspecified atom stereocenters. The van der Waals surface area contributed by atoms with Crippen LogP contribution in [0.3, 0.4) is 0 Å². The van der Waals surface area contributed by atoms with Gasteiger partial charge in [0.25, 0.3) is 0 Å². The normalized spacial score (nSPS) is 23.2. The van der Waals surface area contributed by atoms with Crippen LogP contribution >= 0.6 is 0 Å². The van der Waals surface area contributed by atoms with E-state index >= 15 is 0 Å². The molecule has 0 N–H and O–H groups in total. The first-order chi connectivity index (χ1) is 5.86. The predicted molar refractivity (Wildman–Crippen MR) is 53.0 cm³/mol. The van der Waals surface area contributed by atoms with E-state index in [9.17, 15) is 0 Å². The molecule has 0 aliphatic heterocycles. The summed E-state index contributed by atoms with van der Waals surface area (Å²) >= 11 is 0. The van der Waals surface area contributed by atoms with Gasteiger partial charge in [-0.3, -0.25) is 0 Å². The molecule has 2 aliphatic carbocycles. The molecule has 0 fully saturated rings. The van der Waals surface area contributed by atoms with Crippen LogP contribution in [0.5, 0.6) is 0 Å². The van der Waals surface area contributed by atoms with E-state index in [0.29, 0.717) is 0 Å². The summed E-state index contributed by atoms with van der Waals surface area (Å²) in [5.74, 6) is 0. The molecule has 0 aromatic carbocycles. The third-order valence-corrected chi connectivity index (χ3v) is 2.73. The van der Waals surface area contributed by atoms with Crippen LogP contribution in [0.1, 0.15) is 39.0 Å². The van der Waals surface area contributed by atoms with Gasteiger partial charge in [-0.2, -0.15) is 0 Å². The lowest BCUT2D eigenvalue weighted by atomic mass is 9.91. The SMILES string of the molecule is CC1=CC2=C(C=CC1)CCCC2. The van der Waals surface area contributed by atoms with Crippen molar-refractivity contribution in [2.75, 3.05) is 0 Å². The zero-order valence-electron chi connectivity index (χ0n) is 7.77. The van der Waals surface area contributed by atoms with Crippen molar-refractivity contribution in [3.8, 4) is 0 Å². The molecule has 0 heteroatoms. The Morgan fingerprint density at radius 2 is 1.83 bits per heavy atom. The van der Waals surface area contributed by atoms with Gasteiger partial charge in [-0.15, -0.1) is 0 Å². The quantitative estimate of drug-likeness (QED) is 0.506. The molecule has 0 radical (unpaired) electrons. The molecule has 0 saturated carbocycles. The van der Waals surface area contributed by atoms with E-state index in [1.807, 2.05) is 0 Å². The summed E-state index contributed by atoms with van der Waals surface area (Å²) in [5.41, 5.74) is 4.71. The van der Waals surface area contributed by atoms with Gasteiger partial charge in [0, 0.05) is 0 Å². The van der Waals surface area contributed by atoms with Gasteiger partial charge in [0.05, 0.1) is 0 Å². The van der Waals surface area contributed by atoms with Gasteiger partial charge < -0.3 is 0 Å². The number of rotatable bonds is 0. The minimum atomic E-state index is 1.15. The van der Waals surface area contributed by atoms with Crippen molar-refractivity contribution in [1.82, 2.24) is 0 Å². The predicted octanol–water partition coefficient (Wildman–Crippen LogP) is 3.76. The Bertz CT molecular complexity index is 264. The highest BCUT2D eigenvalue weighted by molar-refractivity contribution is 5.39. The average molecular weight is 160 g/mol. The molecule has 0 heterocycles. The highest BCUT2D eigenvalue weighted by Gasteiger charge is 2.10. The van der Waals surface area contributed by atoms with Crippen LogP contribution in [0.25, 0.3) is 0 Å². The van der Waals surface area contributed by atoms with Crippen LogP contribution in [-0.2, 0) is 0 Å². The van der Waals surface area contributed by atoms with Crippen LogP contribution in [0.15, 0.2) is 34.9 Å². The Morgan fingerprint density at radius 3 is 2.67 bits per heavy atom. The molecule has 64 valence electrons. The van der Waals surface area contributed by atoms with Crippen molar-refractivity contribution in [3.05, 3.63) is 34.9 Å². The second-order valence-corrected chi connectivity index (χ2v) is 3.85. The van der Waals surface area contributed by atoms with E-state index in [1.54, 1.807) is 11.1 Å². The van der Waals surface area contributed by atoms with E-state index in [-0.39, 0.29) is 0 Å². The van der Waals surface area contributed by atoms with E-state index in [0.717, 1.165) is 6.42 Å². The van der Waals surface area contributed by atoms with Gasteiger partial charge in [0.2, 0.25) is 0 Å². The van der Waals surface area contributed by atoms with Crippen LogP contribution in [0, 0.1) is 0 Å². The fourth-order valence-electron chi connectivity index (χ4n) is 2.05. The minimum Gasteiger partial charge on any atom is -0.0802 e. The van der Waals surface area contributed by atoms with E-state index in [1.165, 1.54) is 31.3 Å². The maximum absolute atomic E-state index is 2.40. The molecule has 12 heavy (non-hydrogen) atoms. The van der Waals surface area contributed by atoms with Gasteiger partial charge in [-0.05, 0) is 50.2 Å². The second kappa shape index (κ2) is 3.30. The first-order valence-corrected chi connectivity index (χ1v) is 4.92. The zero-order valence-corrected chi connectivity index (χ0v) is 7.77. The molecule has 0 amide bonds. The number of allylic oxidation sites excluding steroid dienone is 6.